The van der Waals surface area contributed by atoms with Crippen molar-refractivity contribution in [3.8, 4) is 5.75 Å². The zero-order chi connectivity index (χ0) is 22.8. The van der Waals surface area contributed by atoms with Crippen LogP contribution in [0.25, 0.3) is 0 Å². The number of carbonyl (C=O) groups is 1. The van der Waals surface area contributed by atoms with Crippen molar-refractivity contribution in [3.63, 3.8) is 0 Å². The van der Waals surface area contributed by atoms with Gasteiger partial charge >= 0.3 is 0 Å². The molecule has 7 heteroatoms. The summed E-state index contributed by atoms with van der Waals surface area (Å²) < 4.78 is 6.44. The molecular weight excluding hydrogens is 414 g/mol. The van der Waals surface area contributed by atoms with Gasteiger partial charge in [-0.05, 0) is 51.3 Å². The standard InChI is InChI=1S/C26H35N5O2/c1-27-24-21-18-30(2)15-12-22(21)28-23(29-24)19-11-16-31(17-19)25(32)26(13-7-4-8-14-26)33-20-9-5-3-6-10-20/h3,5-6,9-10,19H,4,7-8,11-18H2,1-2H3,(H,27,28,29)/t19-/m1/s1. The molecule has 1 amide bonds. The molecule has 1 atom stereocenters. The molecule has 33 heavy (non-hydrogen) atoms. The van der Waals surface area contributed by atoms with E-state index in [0.717, 1.165) is 81.2 Å². The second-order valence-electron chi connectivity index (χ2n) is 9.80. The van der Waals surface area contributed by atoms with Gasteiger partial charge in [0.05, 0.1) is 5.69 Å². The minimum absolute atomic E-state index is 0.141. The van der Waals surface area contributed by atoms with Crippen LogP contribution in [0.4, 0.5) is 5.82 Å². The molecule has 2 aromatic rings. The summed E-state index contributed by atoms with van der Waals surface area (Å²) in [5, 5.41) is 3.28. The smallest absolute Gasteiger partial charge is 0.266 e. The predicted octanol–water partition coefficient (Wildman–Crippen LogP) is 3.60. The Kier molecular flexibility index (Phi) is 6.23. The van der Waals surface area contributed by atoms with Crippen LogP contribution in [0.2, 0.25) is 0 Å². The molecule has 1 aliphatic carbocycles. The van der Waals surface area contributed by atoms with Crippen LogP contribution in [0, 0.1) is 0 Å². The van der Waals surface area contributed by atoms with Gasteiger partial charge in [0.2, 0.25) is 0 Å². The molecule has 0 bridgehead atoms. The van der Waals surface area contributed by atoms with E-state index in [1.54, 1.807) is 0 Å². The van der Waals surface area contributed by atoms with E-state index in [1.807, 2.05) is 42.3 Å². The maximum absolute atomic E-state index is 13.8. The summed E-state index contributed by atoms with van der Waals surface area (Å²) in [4.78, 5) is 28.0. The Labute approximate surface area is 196 Å². The van der Waals surface area contributed by atoms with Crippen molar-refractivity contribution >= 4 is 11.7 Å². The van der Waals surface area contributed by atoms with Crippen molar-refractivity contribution < 1.29 is 9.53 Å². The molecule has 7 nitrogen and oxygen atoms in total. The fourth-order valence-electron chi connectivity index (χ4n) is 5.60. The van der Waals surface area contributed by atoms with Crippen molar-refractivity contribution in [2.24, 2.45) is 0 Å². The first-order chi connectivity index (χ1) is 16.1. The van der Waals surface area contributed by atoms with Gasteiger partial charge in [-0.3, -0.25) is 4.79 Å². The Balaban J connectivity index is 1.35. The van der Waals surface area contributed by atoms with E-state index < -0.39 is 5.60 Å². The van der Waals surface area contributed by atoms with E-state index in [0.29, 0.717) is 6.54 Å². The van der Waals surface area contributed by atoms with Crippen LogP contribution in [0.5, 0.6) is 5.75 Å². The van der Waals surface area contributed by atoms with Crippen molar-refractivity contribution in [2.45, 2.75) is 63.0 Å². The molecule has 0 radical (unpaired) electrons. The number of benzene rings is 1. The fraction of sp³-hybridized carbons (Fsp3) is 0.577. The fourth-order valence-corrected chi connectivity index (χ4v) is 5.60. The lowest BCUT2D eigenvalue weighted by Gasteiger charge is -2.39. The van der Waals surface area contributed by atoms with E-state index in [2.05, 4.69) is 17.3 Å². The number of nitrogens with zero attached hydrogens (tertiary/aromatic N) is 4. The van der Waals surface area contributed by atoms with E-state index in [9.17, 15) is 4.79 Å². The molecule has 3 heterocycles. The molecular formula is C26H35N5O2. The first kappa shape index (κ1) is 22.1. The summed E-state index contributed by atoms with van der Waals surface area (Å²) in [6.45, 7) is 3.30. The Morgan fingerprint density at radius 3 is 2.67 bits per heavy atom. The number of amides is 1. The number of hydrogen-bond donors (Lipinski definition) is 1. The third kappa shape index (κ3) is 4.43. The lowest BCUT2D eigenvalue weighted by Crippen LogP contribution is -2.53. The highest BCUT2D eigenvalue weighted by atomic mass is 16.5. The highest BCUT2D eigenvalue weighted by Crippen LogP contribution is 2.37. The summed E-state index contributed by atoms with van der Waals surface area (Å²) in [5.74, 6) is 2.90. The van der Waals surface area contributed by atoms with Crippen LogP contribution < -0.4 is 10.1 Å². The number of nitrogens with one attached hydrogen (secondary N) is 1. The highest BCUT2D eigenvalue weighted by Gasteiger charge is 2.46. The maximum atomic E-state index is 13.8. The molecule has 1 aromatic carbocycles. The Morgan fingerprint density at radius 1 is 1.12 bits per heavy atom. The zero-order valence-corrected chi connectivity index (χ0v) is 19.8. The van der Waals surface area contributed by atoms with Gasteiger partial charge in [0.15, 0.2) is 5.60 Å². The summed E-state index contributed by atoms with van der Waals surface area (Å²) in [5.41, 5.74) is 1.62. The minimum Gasteiger partial charge on any atom is -0.477 e. The van der Waals surface area contributed by atoms with Crippen molar-refractivity contribution in [1.29, 1.82) is 0 Å². The Morgan fingerprint density at radius 2 is 1.91 bits per heavy atom. The summed E-state index contributed by atoms with van der Waals surface area (Å²) in [6.07, 6.45) is 6.64. The molecule has 1 N–H and O–H groups in total. The van der Waals surface area contributed by atoms with Gasteiger partial charge in [0.25, 0.3) is 5.91 Å². The number of carbonyl (C=O) groups excluding carboxylic acids is 1. The second-order valence-corrected chi connectivity index (χ2v) is 9.80. The van der Waals surface area contributed by atoms with Crippen LogP contribution >= 0.6 is 0 Å². The van der Waals surface area contributed by atoms with E-state index in [-0.39, 0.29) is 11.8 Å². The second kappa shape index (κ2) is 9.29. The molecule has 176 valence electrons. The van der Waals surface area contributed by atoms with Gasteiger partial charge in [-0.1, -0.05) is 24.6 Å². The lowest BCUT2D eigenvalue weighted by atomic mass is 9.83. The van der Waals surface area contributed by atoms with Gasteiger partial charge in [0, 0.05) is 51.1 Å². The molecule has 3 aliphatic rings. The molecule has 1 aromatic heterocycles. The Bertz CT molecular complexity index is 972. The molecule has 0 unspecified atom stereocenters. The monoisotopic (exact) mass is 449 g/mol. The van der Waals surface area contributed by atoms with Crippen LogP contribution in [0.1, 0.15) is 61.5 Å². The number of anilines is 1. The maximum Gasteiger partial charge on any atom is 0.266 e. The van der Waals surface area contributed by atoms with Gasteiger partial charge < -0.3 is 19.9 Å². The Hall–Kier alpha value is -2.67. The lowest BCUT2D eigenvalue weighted by molar-refractivity contribution is -0.150. The van der Waals surface area contributed by atoms with Gasteiger partial charge in [-0.15, -0.1) is 0 Å². The number of fused-ring (bicyclic) bond motifs is 1. The molecule has 2 aliphatic heterocycles. The largest absolute Gasteiger partial charge is 0.477 e. The normalized spacial score (nSPS) is 22.6. The third-order valence-corrected chi connectivity index (χ3v) is 7.45. The van der Waals surface area contributed by atoms with E-state index in [1.165, 1.54) is 12.0 Å². The SMILES string of the molecule is CNc1nc([C@@H]2CCN(C(=O)C3(Oc4ccccc4)CCCCC3)C2)nc2c1CN(C)CC2. The zero-order valence-electron chi connectivity index (χ0n) is 19.8. The summed E-state index contributed by atoms with van der Waals surface area (Å²) in [7, 11) is 4.06. The van der Waals surface area contributed by atoms with Crippen LogP contribution in [-0.4, -0.2) is 65.0 Å². The van der Waals surface area contributed by atoms with Gasteiger partial charge in [-0.2, -0.15) is 0 Å². The molecule has 0 spiro atoms. The van der Waals surface area contributed by atoms with Gasteiger partial charge in [-0.25, -0.2) is 9.97 Å². The highest BCUT2D eigenvalue weighted by molar-refractivity contribution is 5.86. The summed E-state index contributed by atoms with van der Waals surface area (Å²) in [6, 6.07) is 9.81. The number of likely N-dealkylation sites (N-methyl/N-ethyl adjacent to an activating group) is 1. The topological polar surface area (TPSA) is 70.6 Å². The van der Waals surface area contributed by atoms with Crippen molar-refractivity contribution in [2.75, 3.05) is 39.0 Å². The number of ether oxygens (including phenoxy) is 1. The van der Waals surface area contributed by atoms with Crippen molar-refractivity contribution in [1.82, 2.24) is 19.8 Å². The van der Waals surface area contributed by atoms with Crippen molar-refractivity contribution in [3.05, 3.63) is 47.4 Å². The minimum atomic E-state index is -0.744. The van der Waals surface area contributed by atoms with E-state index in [4.69, 9.17) is 14.7 Å². The summed E-state index contributed by atoms with van der Waals surface area (Å²) >= 11 is 0. The quantitative estimate of drug-likeness (QED) is 0.752. The number of aromatic nitrogens is 2. The van der Waals surface area contributed by atoms with Crippen LogP contribution in [0.15, 0.2) is 30.3 Å². The average molecular weight is 450 g/mol. The van der Waals surface area contributed by atoms with Gasteiger partial charge in [0.1, 0.15) is 17.4 Å². The third-order valence-electron chi connectivity index (χ3n) is 7.45. The molecule has 1 saturated heterocycles. The average Bonchev–Trinajstić information content (AvgIpc) is 3.34. The molecule has 1 saturated carbocycles. The predicted molar refractivity (Wildman–Crippen MR) is 128 cm³/mol. The number of likely N-dealkylation sites (tertiary alicyclic amines) is 1. The first-order valence-electron chi connectivity index (χ1n) is 12.4. The van der Waals surface area contributed by atoms with E-state index >= 15 is 0 Å². The first-order valence-corrected chi connectivity index (χ1v) is 12.4. The number of rotatable bonds is 5. The number of hydrogen-bond acceptors (Lipinski definition) is 6. The molecule has 2 fully saturated rings. The molecule has 5 rings (SSSR count). The van der Waals surface area contributed by atoms with Crippen LogP contribution in [0.3, 0.4) is 0 Å². The van der Waals surface area contributed by atoms with Crippen LogP contribution in [-0.2, 0) is 17.8 Å². The number of para-hydroxylation sites is 1.